The normalized spacial score (nSPS) is 29.0. The van der Waals surface area contributed by atoms with E-state index in [9.17, 15) is 10.2 Å². The van der Waals surface area contributed by atoms with Gasteiger partial charge in [-0.1, -0.05) is 26.3 Å². The van der Waals surface area contributed by atoms with Crippen LogP contribution in [-0.4, -0.2) is 67.5 Å². The molecule has 0 bridgehead atoms. The molecule has 0 amide bonds. The maximum atomic E-state index is 12.6. The molecule has 1 aromatic rings. The number of nitrogens with one attached hydrogen (secondary N) is 2. The maximum Gasteiger partial charge on any atom is 0.119 e. The molecule has 0 radical (unpaired) electrons. The Balaban J connectivity index is 1.62. The number of nitrogens with two attached hydrogens (primary N) is 1. The first-order valence-electron chi connectivity index (χ1n) is 15.1. The van der Waals surface area contributed by atoms with Crippen LogP contribution in [0.4, 0.5) is 5.69 Å². The van der Waals surface area contributed by atoms with Crippen LogP contribution >= 0.6 is 0 Å². The number of allylic oxidation sites excluding steroid dienone is 3. The number of aliphatic hydroxyl groups is 2. The minimum atomic E-state index is -1.38. The number of likely N-dealkylation sites (N-methyl/N-ethyl adjacent to an activating group) is 1. The van der Waals surface area contributed by atoms with Gasteiger partial charge in [-0.2, -0.15) is 0 Å². The van der Waals surface area contributed by atoms with E-state index in [0.29, 0.717) is 30.2 Å². The van der Waals surface area contributed by atoms with Crippen molar-refractivity contribution in [2.75, 3.05) is 39.6 Å². The second-order valence-electron chi connectivity index (χ2n) is 13.2. The molecule has 0 spiro atoms. The summed E-state index contributed by atoms with van der Waals surface area (Å²) in [6.45, 7) is 23.1. The van der Waals surface area contributed by atoms with E-state index in [1.54, 1.807) is 0 Å². The third kappa shape index (κ3) is 4.45. The molecule has 6 N–H and O–H groups in total. The lowest BCUT2D eigenvalue weighted by Crippen LogP contribution is -2.58. The summed E-state index contributed by atoms with van der Waals surface area (Å²) in [5.41, 5.74) is 15.8. The molecule has 5 rings (SSSR count). The molecular weight excluding hydrogens is 522 g/mol. The number of aliphatic hydroxyl groups excluding tert-OH is 1. The van der Waals surface area contributed by atoms with Gasteiger partial charge in [0.1, 0.15) is 11.4 Å². The van der Waals surface area contributed by atoms with Gasteiger partial charge in [-0.3, -0.25) is 4.90 Å². The molecule has 2 unspecified atom stereocenters. The summed E-state index contributed by atoms with van der Waals surface area (Å²) >= 11 is 0. The number of hydrogen-bond donors (Lipinski definition) is 5. The zero-order valence-corrected chi connectivity index (χ0v) is 26.3. The highest BCUT2D eigenvalue weighted by molar-refractivity contribution is 5.89. The van der Waals surface area contributed by atoms with Crippen molar-refractivity contribution in [3.8, 4) is 0 Å². The van der Waals surface area contributed by atoms with Crippen molar-refractivity contribution in [1.82, 2.24) is 15.5 Å². The standard InChI is InChI=1S/C35H49N5O2/c1-18-25(17-38-23(6)28-12-11-13-37-28)16-29(39(7)8)26-14-24-15-27-33(40(9)10)34(41)32(22(5)36)21(4)35(27,42)20(3)31(24)19(2)30(18)26/h16,24,27-28,33,37-38,41-42H,2,4-6,11-15,17,36H2,1,3,7-10H3/t24-,27-,28?,33?,35-/m0/s1. The molecule has 1 saturated heterocycles. The number of fused-ring (bicyclic) bond motifs is 3. The first-order valence-corrected chi connectivity index (χ1v) is 15.1. The van der Waals surface area contributed by atoms with E-state index in [1.807, 2.05) is 25.9 Å². The SMILES string of the molecule is C=C(N)C1=C(O)C(N(C)C)[C@@H]2C[C@@H]3Cc4c(N(C)C)cc(CNC(=C)C5CCCN5)c(C)c4C(=C)C3=C(C)[C@]2(O)C1=C. The van der Waals surface area contributed by atoms with Crippen LogP contribution in [0.2, 0.25) is 0 Å². The van der Waals surface area contributed by atoms with E-state index in [4.69, 9.17) is 5.73 Å². The van der Waals surface area contributed by atoms with Gasteiger partial charge in [0, 0.05) is 55.3 Å². The highest BCUT2D eigenvalue weighted by Crippen LogP contribution is 2.58. The second-order valence-corrected chi connectivity index (χ2v) is 13.2. The quantitative estimate of drug-likeness (QED) is 0.330. The van der Waals surface area contributed by atoms with Gasteiger partial charge in [-0.25, -0.2) is 0 Å². The first kappa shape index (κ1) is 30.2. The summed E-state index contributed by atoms with van der Waals surface area (Å²) in [5.74, 6) is -0.0140. The zero-order valence-electron chi connectivity index (χ0n) is 26.3. The van der Waals surface area contributed by atoms with Crippen molar-refractivity contribution in [1.29, 1.82) is 0 Å². The molecular formula is C35H49N5O2. The van der Waals surface area contributed by atoms with Crippen LogP contribution in [0.15, 0.2) is 71.8 Å². The molecule has 7 nitrogen and oxygen atoms in total. The maximum absolute atomic E-state index is 12.6. The van der Waals surface area contributed by atoms with Crippen molar-refractivity contribution in [3.05, 3.63) is 94.1 Å². The van der Waals surface area contributed by atoms with Crippen LogP contribution < -0.4 is 21.3 Å². The largest absolute Gasteiger partial charge is 0.510 e. The van der Waals surface area contributed by atoms with Gasteiger partial charge in [0.25, 0.3) is 0 Å². The molecule has 0 saturated carbocycles. The smallest absolute Gasteiger partial charge is 0.119 e. The Bertz CT molecular complexity index is 1440. The predicted octanol–water partition coefficient (Wildman–Crippen LogP) is 4.45. The molecule has 7 heteroatoms. The van der Waals surface area contributed by atoms with Crippen LogP contribution in [0.5, 0.6) is 0 Å². The minimum Gasteiger partial charge on any atom is -0.510 e. The van der Waals surface area contributed by atoms with Gasteiger partial charge in [0.2, 0.25) is 0 Å². The lowest BCUT2D eigenvalue weighted by molar-refractivity contribution is -0.0178. The van der Waals surface area contributed by atoms with E-state index in [0.717, 1.165) is 41.8 Å². The van der Waals surface area contributed by atoms with E-state index < -0.39 is 11.6 Å². The molecule has 1 aliphatic heterocycles. The average molecular weight is 572 g/mol. The fourth-order valence-corrected chi connectivity index (χ4v) is 8.26. The Morgan fingerprint density at radius 1 is 1.19 bits per heavy atom. The lowest BCUT2D eigenvalue weighted by atomic mass is 9.55. The fraction of sp³-hybridized carbons (Fsp3) is 0.486. The highest BCUT2D eigenvalue weighted by atomic mass is 16.3. The molecule has 3 aliphatic carbocycles. The Hall–Kier alpha value is -3.26. The van der Waals surface area contributed by atoms with Gasteiger partial charge in [0.05, 0.1) is 6.04 Å². The Morgan fingerprint density at radius 2 is 1.88 bits per heavy atom. The van der Waals surface area contributed by atoms with Crippen LogP contribution in [0.3, 0.4) is 0 Å². The average Bonchev–Trinajstić information content (AvgIpc) is 3.45. The molecule has 1 fully saturated rings. The summed E-state index contributed by atoms with van der Waals surface area (Å²) in [5, 5.41) is 31.1. The van der Waals surface area contributed by atoms with Crippen molar-refractivity contribution in [2.24, 2.45) is 17.6 Å². The van der Waals surface area contributed by atoms with E-state index in [2.05, 4.69) is 68.9 Å². The number of hydrogen-bond acceptors (Lipinski definition) is 7. The fourth-order valence-electron chi connectivity index (χ4n) is 8.26. The molecule has 5 atom stereocenters. The Labute approximate surface area is 251 Å². The van der Waals surface area contributed by atoms with Gasteiger partial charge in [0.15, 0.2) is 0 Å². The highest BCUT2D eigenvalue weighted by Gasteiger charge is 2.57. The summed E-state index contributed by atoms with van der Waals surface area (Å²) in [6.07, 6.45) is 3.80. The van der Waals surface area contributed by atoms with Crippen LogP contribution in [0.1, 0.15) is 48.4 Å². The second kappa shape index (κ2) is 10.8. The number of nitrogens with zero attached hydrogens (tertiary/aromatic N) is 2. The Kier molecular flexibility index (Phi) is 7.75. The molecule has 4 aliphatic rings. The summed E-state index contributed by atoms with van der Waals surface area (Å²) in [7, 11) is 8.05. The van der Waals surface area contributed by atoms with Crippen molar-refractivity contribution in [3.63, 3.8) is 0 Å². The molecule has 1 aromatic carbocycles. The van der Waals surface area contributed by atoms with Crippen molar-refractivity contribution < 1.29 is 10.2 Å². The van der Waals surface area contributed by atoms with Crippen LogP contribution in [0.25, 0.3) is 5.57 Å². The van der Waals surface area contributed by atoms with Gasteiger partial charge >= 0.3 is 0 Å². The first-order chi connectivity index (χ1) is 19.7. The van der Waals surface area contributed by atoms with Crippen molar-refractivity contribution >= 4 is 11.3 Å². The Morgan fingerprint density at radius 3 is 2.45 bits per heavy atom. The minimum absolute atomic E-state index is 0.134. The van der Waals surface area contributed by atoms with Gasteiger partial charge < -0.3 is 31.5 Å². The summed E-state index contributed by atoms with van der Waals surface area (Å²) < 4.78 is 0. The molecule has 42 heavy (non-hydrogen) atoms. The van der Waals surface area contributed by atoms with E-state index >= 15 is 0 Å². The molecule has 1 heterocycles. The summed E-state index contributed by atoms with van der Waals surface area (Å²) in [6, 6.07) is 2.20. The molecule has 0 aromatic heterocycles. The lowest BCUT2D eigenvalue weighted by Gasteiger charge is -2.54. The van der Waals surface area contributed by atoms with Gasteiger partial charge in [-0.05, 0) is 117 Å². The monoisotopic (exact) mass is 571 g/mol. The van der Waals surface area contributed by atoms with Gasteiger partial charge in [-0.15, -0.1) is 0 Å². The summed E-state index contributed by atoms with van der Waals surface area (Å²) in [4.78, 5) is 4.16. The predicted molar refractivity (Wildman–Crippen MR) is 174 cm³/mol. The number of rotatable bonds is 7. The zero-order chi connectivity index (χ0) is 30.8. The van der Waals surface area contributed by atoms with E-state index in [1.165, 1.54) is 34.4 Å². The topological polar surface area (TPSA) is 97.0 Å². The van der Waals surface area contributed by atoms with Crippen molar-refractivity contribution in [2.45, 2.75) is 63.8 Å². The number of anilines is 1. The van der Waals surface area contributed by atoms with Crippen LogP contribution in [-0.2, 0) is 13.0 Å². The number of benzene rings is 1. The third-order valence-corrected chi connectivity index (χ3v) is 10.3. The van der Waals surface area contributed by atoms with Crippen LogP contribution in [0, 0.1) is 18.8 Å². The van der Waals surface area contributed by atoms with E-state index in [-0.39, 0.29) is 23.3 Å². The molecule has 226 valence electrons. The third-order valence-electron chi connectivity index (χ3n) is 10.3.